The van der Waals surface area contributed by atoms with Gasteiger partial charge in [-0.15, -0.1) is 5.10 Å². The van der Waals surface area contributed by atoms with Gasteiger partial charge in [-0.05, 0) is 19.4 Å². The van der Waals surface area contributed by atoms with E-state index >= 15 is 0 Å². The van der Waals surface area contributed by atoms with Crippen LogP contribution in [0.3, 0.4) is 0 Å². The van der Waals surface area contributed by atoms with Crippen LogP contribution in [0.15, 0.2) is 36.7 Å². The van der Waals surface area contributed by atoms with Crippen LogP contribution in [0.4, 0.5) is 5.82 Å². The van der Waals surface area contributed by atoms with Crippen molar-refractivity contribution in [3.63, 3.8) is 0 Å². The Bertz CT molecular complexity index is 1010. The predicted octanol–water partition coefficient (Wildman–Crippen LogP) is 1.44. The number of hydrogen-bond acceptors (Lipinski definition) is 9. The van der Waals surface area contributed by atoms with Gasteiger partial charge in [0.1, 0.15) is 24.6 Å². The van der Waals surface area contributed by atoms with Crippen LogP contribution >= 0.6 is 0 Å². The molecular weight excluding hydrogens is 376 g/mol. The third kappa shape index (κ3) is 3.33. The van der Waals surface area contributed by atoms with Crippen LogP contribution in [0.5, 0.6) is 0 Å². The van der Waals surface area contributed by atoms with E-state index in [9.17, 15) is 0 Å². The molecular formula is C19H22N6O4. The molecule has 1 aromatic carbocycles. The summed E-state index contributed by atoms with van der Waals surface area (Å²) < 4.78 is 25.9. The lowest BCUT2D eigenvalue weighted by Gasteiger charge is -2.24. The third-order valence-corrected chi connectivity index (χ3v) is 5.05. The van der Waals surface area contributed by atoms with Crippen molar-refractivity contribution in [1.82, 2.24) is 25.0 Å². The summed E-state index contributed by atoms with van der Waals surface area (Å²) in [6, 6.07) is 9.98. The molecule has 3 aromatic rings. The molecule has 0 radical (unpaired) electrons. The molecule has 29 heavy (non-hydrogen) atoms. The van der Waals surface area contributed by atoms with Gasteiger partial charge in [0.25, 0.3) is 0 Å². The Morgan fingerprint density at radius 3 is 2.76 bits per heavy atom. The Hall–Kier alpha value is -2.66. The van der Waals surface area contributed by atoms with Crippen LogP contribution in [-0.2, 0) is 25.6 Å². The summed E-state index contributed by atoms with van der Waals surface area (Å²) >= 11 is 0. The molecule has 2 aliphatic heterocycles. The quantitative estimate of drug-likeness (QED) is 0.680. The van der Waals surface area contributed by atoms with E-state index in [1.165, 1.54) is 6.33 Å². The molecule has 10 nitrogen and oxygen atoms in total. The minimum atomic E-state index is -0.737. The van der Waals surface area contributed by atoms with E-state index in [0.29, 0.717) is 24.4 Å². The van der Waals surface area contributed by atoms with Crippen molar-refractivity contribution >= 4 is 17.0 Å². The zero-order chi connectivity index (χ0) is 20.0. The highest BCUT2D eigenvalue weighted by Gasteiger charge is 2.56. The van der Waals surface area contributed by atoms with Gasteiger partial charge in [0, 0.05) is 0 Å². The van der Waals surface area contributed by atoms with Gasteiger partial charge in [0.2, 0.25) is 0 Å². The molecule has 0 aliphatic carbocycles. The molecule has 0 unspecified atom stereocenters. The fourth-order valence-electron chi connectivity index (χ4n) is 3.81. The fraction of sp³-hybridized carbons (Fsp3) is 0.474. The predicted molar refractivity (Wildman–Crippen MR) is 101 cm³/mol. The van der Waals surface area contributed by atoms with Crippen LogP contribution in [0.2, 0.25) is 0 Å². The molecule has 4 atom stereocenters. The molecule has 2 aliphatic rings. The number of ether oxygens (including phenoxy) is 4. The number of fused-ring (bicyclic) bond motifs is 2. The highest BCUT2D eigenvalue weighted by molar-refractivity contribution is 5.80. The standard InChI is InChI=1S/C19H22N6O4/c1-19(2)28-14-12(9-26-8-11-6-4-3-5-7-11)27-18(15(14)29-19)25-17-13(23-24-25)16(20)21-10-22-17/h3-7,10,12,14-15,18H,8-9H2,1-2H3,(H2,20,21,22)/t12-,14-,15-,18-/m1/s1. The van der Waals surface area contributed by atoms with Crippen LogP contribution in [0.1, 0.15) is 25.6 Å². The zero-order valence-corrected chi connectivity index (χ0v) is 16.1. The molecule has 0 bridgehead atoms. The van der Waals surface area contributed by atoms with Crippen LogP contribution < -0.4 is 5.73 Å². The maximum absolute atomic E-state index is 6.24. The van der Waals surface area contributed by atoms with Crippen LogP contribution in [0.25, 0.3) is 11.2 Å². The van der Waals surface area contributed by atoms with E-state index in [-0.39, 0.29) is 24.1 Å². The van der Waals surface area contributed by atoms with Gasteiger partial charge >= 0.3 is 0 Å². The first-order chi connectivity index (χ1) is 14.0. The van der Waals surface area contributed by atoms with E-state index in [1.807, 2.05) is 44.2 Å². The summed E-state index contributed by atoms with van der Waals surface area (Å²) in [5, 5.41) is 8.29. The molecule has 0 saturated carbocycles. The van der Waals surface area contributed by atoms with Crippen LogP contribution in [0, 0.1) is 0 Å². The largest absolute Gasteiger partial charge is 0.382 e. The summed E-state index contributed by atoms with van der Waals surface area (Å²) in [5.41, 5.74) is 7.89. The highest BCUT2D eigenvalue weighted by atomic mass is 16.8. The number of anilines is 1. The van der Waals surface area contributed by atoms with Gasteiger partial charge < -0.3 is 24.7 Å². The summed E-state index contributed by atoms with van der Waals surface area (Å²) in [6.07, 6.45) is -0.193. The SMILES string of the molecule is CC1(C)O[C@@H]2[C@H](O1)[C@@H](COCc1ccccc1)O[C@H]2n1nnc2c(N)ncnc21. The van der Waals surface area contributed by atoms with Crippen molar-refractivity contribution in [3.05, 3.63) is 42.2 Å². The molecule has 152 valence electrons. The van der Waals surface area contributed by atoms with E-state index in [0.717, 1.165) is 5.56 Å². The highest BCUT2D eigenvalue weighted by Crippen LogP contribution is 2.43. The van der Waals surface area contributed by atoms with Gasteiger partial charge in [-0.3, -0.25) is 0 Å². The minimum Gasteiger partial charge on any atom is -0.382 e. The maximum Gasteiger partial charge on any atom is 0.186 e. The van der Waals surface area contributed by atoms with E-state index in [2.05, 4.69) is 20.3 Å². The van der Waals surface area contributed by atoms with Crippen molar-refractivity contribution in [2.45, 2.75) is 50.8 Å². The molecule has 0 amide bonds. The molecule has 0 spiro atoms. The second-order valence-corrected chi connectivity index (χ2v) is 7.60. The van der Waals surface area contributed by atoms with Gasteiger partial charge in [0.05, 0.1) is 13.2 Å². The number of rotatable bonds is 5. The first-order valence-electron chi connectivity index (χ1n) is 9.46. The summed E-state index contributed by atoms with van der Waals surface area (Å²) in [5.74, 6) is -0.470. The summed E-state index contributed by atoms with van der Waals surface area (Å²) in [4.78, 5) is 8.22. The average Bonchev–Trinajstić information content (AvgIpc) is 3.35. The Morgan fingerprint density at radius 1 is 1.14 bits per heavy atom. The first-order valence-corrected chi connectivity index (χ1v) is 9.46. The van der Waals surface area contributed by atoms with Crippen molar-refractivity contribution in [2.75, 3.05) is 12.3 Å². The van der Waals surface area contributed by atoms with Crippen molar-refractivity contribution in [3.8, 4) is 0 Å². The Balaban J connectivity index is 1.38. The van der Waals surface area contributed by atoms with Gasteiger partial charge in [-0.1, -0.05) is 35.5 Å². The monoisotopic (exact) mass is 398 g/mol. The lowest BCUT2D eigenvalue weighted by atomic mass is 10.1. The first kappa shape index (κ1) is 18.4. The van der Waals surface area contributed by atoms with E-state index in [4.69, 9.17) is 24.7 Å². The van der Waals surface area contributed by atoms with Crippen molar-refractivity contribution in [1.29, 1.82) is 0 Å². The maximum atomic E-state index is 6.24. The number of benzene rings is 1. The number of hydrogen-bond donors (Lipinski definition) is 1. The number of nitrogen functional groups attached to an aromatic ring is 1. The van der Waals surface area contributed by atoms with E-state index < -0.39 is 12.0 Å². The topological polar surface area (TPSA) is 119 Å². The number of aromatic nitrogens is 5. The molecule has 2 N–H and O–H groups in total. The molecule has 2 aromatic heterocycles. The average molecular weight is 398 g/mol. The smallest absolute Gasteiger partial charge is 0.186 e. The van der Waals surface area contributed by atoms with Gasteiger partial charge in [0.15, 0.2) is 29.0 Å². The minimum absolute atomic E-state index is 0.266. The fourth-order valence-corrected chi connectivity index (χ4v) is 3.81. The lowest BCUT2D eigenvalue weighted by molar-refractivity contribution is -0.203. The second-order valence-electron chi connectivity index (χ2n) is 7.60. The van der Waals surface area contributed by atoms with Gasteiger partial charge in [-0.25, -0.2) is 9.97 Å². The molecule has 10 heteroatoms. The Kier molecular flexibility index (Phi) is 4.43. The molecule has 5 rings (SSSR count). The Labute approximate surface area is 166 Å². The van der Waals surface area contributed by atoms with Crippen LogP contribution in [-0.4, -0.2) is 55.7 Å². The normalized spacial score (nSPS) is 28.1. The van der Waals surface area contributed by atoms with E-state index in [1.54, 1.807) is 4.68 Å². The third-order valence-electron chi connectivity index (χ3n) is 5.05. The second kappa shape index (κ2) is 6.99. The summed E-state index contributed by atoms with van der Waals surface area (Å²) in [7, 11) is 0. The molecule has 2 saturated heterocycles. The summed E-state index contributed by atoms with van der Waals surface area (Å²) in [6.45, 7) is 4.60. The van der Waals surface area contributed by atoms with Gasteiger partial charge in [-0.2, -0.15) is 4.68 Å². The lowest BCUT2D eigenvalue weighted by Crippen LogP contribution is -2.32. The number of nitrogens with zero attached hydrogens (tertiary/aromatic N) is 5. The zero-order valence-electron chi connectivity index (χ0n) is 16.1. The number of nitrogens with two attached hydrogens (primary N) is 1. The van der Waals surface area contributed by atoms with Crippen molar-refractivity contribution in [2.24, 2.45) is 0 Å². The van der Waals surface area contributed by atoms with Crippen molar-refractivity contribution < 1.29 is 18.9 Å². The Morgan fingerprint density at radius 2 is 1.93 bits per heavy atom. The molecule has 2 fully saturated rings. The molecule has 4 heterocycles.